The maximum Gasteiger partial charge on any atom is 0.457 e. The number of rotatable bonds is 6. The van der Waals surface area contributed by atoms with Gasteiger partial charge in [-0.1, -0.05) is 13.8 Å². The average Bonchev–Trinajstić information content (AvgIpc) is 3.58. The van der Waals surface area contributed by atoms with Crippen molar-refractivity contribution in [1.29, 1.82) is 0 Å². The van der Waals surface area contributed by atoms with Crippen molar-refractivity contribution in [3.8, 4) is 0 Å². The third-order valence-electron chi connectivity index (χ3n) is 7.31. The van der Waals surface area contributed by atoms with Crippen LogP contribution in [-0.2, 0) is 51.8 Å². The molecule has 11 nitrogen and oxygen atoms in total. The predicted octanol–water partition coefficient (Wildman–Crippen LogP) is 1.34. The Balaban J connectivity index is 1.15. The highest BCUT2D eigenvalue weighted by Crippen LogP contribution is 2.45. The van der Waals surface area contributed by atoms with Gasteiger partial charge < -0.3 is 51.8 Å². The second-order valence-electron chi connectivity index (χ2n) is 10.9. The lowest BCUT2D eigenvalue weighted by molar-refractivity contribution is -0.260. The van der Waals surface area contributed by atoms with Gasteiger partial charge in [-0.25, -0.2) is 0 Å². The van der Waals surface area contributed by atoms with E-state index in [0.29, 0.717) is 6.61 Å². The first-order valence-electron chi connectivity index (χ1n) is 12.9. The topological polar surface area (TPSA) is 102 Å². The van der Waals surface area contributed by atoms with Gasteiger partial charge >= 0.3 is 14.2 Å². The van der Waals surface area contributed by atoms with Crippen LogP contribution in [0.1, 0.15) is 41.5 Å². The molecule has 0 bridgehead atoms. The molecule has 0 aromatic heterocycles. The molecule has 0 aromatic carbocycles. The highest BCUT2D eigenvalue weighted by Gasteiger charge is 2.62. The van der Waals surface area contributed by atoms with Crippen LogP contribution in [0.25, 0.3) is 0 Å². The van der Waals surface area contributed by atoms with Crippen LogP contribution in [0.2, 0.25) is 12.6 Å². The van der Waals surface area contributed by atoms with Crippen LogP contribution in [0.4, 0.5) is 0 Å². The van der Waals surface area contributed by atoms with Gasteiger partial charge in [0, 0.05) is 0 Å². The molecule has 196 valence electrons. The molecule has 35 heavy (non-hydrogen) atoms. The summed E-state index contributed by atoms with van der Waals surface area (Å²) in [5.41, 5.74) is 0. The fraction of sp³-hybridized carbons (Fsp3) is 1.00. The van der Waals surface area contributed by atoms with Crippen LogP contribution in [0.3, 0.4) is 0 Å². The monoisotopic (exact) mass is 498 g/mol. The lowest BCUT2D eigenvalue weighted by Gasteiger charge is -2.37. The van der Waals surface area contributed by atoms with E-state index >= 15 is 0 Å². The maximum absolute atomic E-state index is 6.30. The molecule has 0 radical (unpaired) electrons. The van der Waals surface area contributed by atoms with Gasteiger partial charge in [-0.2, -0.15) is 0 Å². The quantitative estimate of drug-likeness (QED) is 0.496. The Morgan fingerprint density at radius 3 is 2.14 bits per heavy atom. The fourth-order valence-electron chi connectivity index (χ4n) is 5.84. The zero-order chi connectivity index (χ0) is 24.5. The van der Waals surface area contributed by atoms with Crippen LogP contribution in [0.15, 0.2) is 0 Å². The Bertz CT molecular complexity index is 787. The van der Waals surface area contributed by atoms with E-state index in [4.69, 9.17) is 51.8 Å². The smallest absolute Gasteiger partial charge is 0.408 e. The molecule has 0 aromatic rings. The molecule has 6 heterocycles. The van der Waals surface area contributed by atoms with Gasteiger partial charge in [-0.3, -0.25) is 0 Å². The van der Waals surface area contributed by atoms with Crippen molar-refractivity contribution in [2.75, 3.05) is 13.2 Å². The number of fused-ring (bicyclic) bond motifs is 4. The molecular weight excluding hydrogens is 462 g/mol. The van der Waals surface area contributed by atoms with Crippen LogP contribution < -0.4 is 0 Å². The van der Waals surface area contributed by atoms with Gasteiger partial charge in [0.1, 0.15) is 42.7 Å². The Labute approximate surface area is 206 Å². The van der Waals surface area contributed by atoms with Crippen molar-refractivity contribution >= 4 is 14.2 Å². The Morgan fingerprint density at radius 2 is 1.40 bits per heavy atom. The Morgan fingerprint density at radius 1 is 0.714 bits per heavy atom. The molecule has 0 N–H and O–H groups in total. The Kier molecular flexibility index (Phi) is 6.54. The summed E-state index contributed by atoms with van der Waals surface area (Å²) >= 11 is 0. The van der Waals surface area contributed by atoms with E-state index in [-0.39, 0.29) is 63.6 Å². The molecule has 0 spiro atoms. The van der Waals surface area contributed by atoms with Crippen LogP contribution in [0, 0.1) is 0 Å². The summed E-state index contributed by atoms with van der Waals surface area (Å²) in [7, 11) is -0.533. The van der Waals surface area contributed by atoms with Crippen LogP contribution in [-0.4, -0.2) is 100 Å². The van der Waals surface area contributed by atoms with Crippen molar-refractivity contribution in [2.45, 2.75) is 127 Å². The normalized spacial score (nSPS) is 47.8. The van der Waals surface area contributed by atoms with Gasteiger partial charge in [0.25, 0.3) is 0 Å². The number of ether oxygens (including phenoxy) is 7. The van der Waals surface area contributed by atoms with Gasteiger partial charge in [0.05, 0.1) is 19.3 Å². The van der Waals surface area contributed by atoms with Gasteiger partial charge in [-0.15, -0.1) is 0 Å². The molecule has 6 aliphatic heterocycles. The summed E-state index contributed by atoms with van der Waals surface area (Å²) < 4.78 is 67.4. The lowest BCUT2D eigenvalue weighted by Crippen LogP contribution is -2.56. The molecular formula is C22H36B2O11. The minimum Gasteiger partial charge on any atom is -0.408 e. The van der Waals surface area contributed by atoms with Crippen molar-refractivity contribution in [1.82, 2.24) is 0 Å². The summed E-state index contributed by atoms with van der Waals surface area (Å²) in [4.78, 5) is 0. The molecule has 6 rings (SSSR count). The molecule has 0 saturated carbocycles. The zero-order valence-corrected chi connectivity index (χ0v) is 21.2. The van der Waals surface area contributed by atoms with E-state index in [0.717, 1.165) is 12.6 Å². The zero-order valence-electron chi connectivity index (χ0n) is 21.2. The second-order valence-corrected chi connectivity index (χ2v) is 10.9. The maximum atomic E-state index is 6.30. The Hall–Kier alpha value is -0.310. The average molecular weight is 498 g/mol. The van der Waals surface area contributed by atoms with Crippen LogP contribution >= 0.6 is 0 Å². The van der Waals surface area contributed by atoms with Gasteiger partial charge in [-0.05, 0) is 40.3 Å². The van der Waals surface area contributed by atoms with E-state index in [9.17, 15) is 0 Å². The van der Waals surface area contributed by atoms with E-state index < -0.39 is 30.3 Å². The van der Waals surface area contributed by atoms with Crippen molar-refractivity contribution in [3.05, 3.63) is 0 Å². The van der Waals surface area contributed by atoms with Gasteiger partial charge in [0.15, 0.2) is 24.2 Å². The van der Waals surface area contributed by atoms with E-state index in [1.54, 1.807) is 0 Å². The third-order valence-corrected chi connectivity index (χ3v) is 7.31. The molecule has 6 fully saturated rings. The summed E-state index contributed by atoms with van der Waals surface area (Å²) in [6, 6.07) is 0. The highest BCUT2D eigenvalue weighted by molar-refractivity contribution is 6.45. The number of hydrogen-bond acceptors (Lipinski definition) is 11. The standard InChI is InChI=1S/C22H36B2O11/c1-7-23-26-10-12(33-23)13-16-18(35-24(8-2)34-16)19(28-13)25-9-11-14-15(30-21(3,4)29-14)17-20(27-11)32-22(5,6)31-17/h11-20H,7-10H2,1-6H3. The first-order chi connectivity index (χ1) is 16.7. The van der Waals surface area contributed by atoms with Gasteiger partial charge in [0.2, 0.25) is 0 Å². The van der Waals surface area contributed by atoms with Crippen molar-refractivity contribution in [3.63, 3.8) is 0 Å². The SMILES string of the molecule is CCB1OCC(C2OC(OCC3OC4OC(C)(C)OC4C4OC(C)(C)OC34)C3OB(CC)OC23)O1. The minimum absolute atomic E-state index is 0.202. The molecule has 10 unspecified atom stereocenters. The van der Waals surface area contributed by atoms with Crippen molar-refractivity contribution < 1.29 is 51.8 Å². The van der Waals surface area contributed by atoms with Crippen molar-refractivity contribution in [2.24, 2.45) is 0 Å². The van der Waals surface area contributed by atoms with E-state index in [2.05, 4.69) is 0 Å². The summed E-state index contributed by atoms with van der Waals surface area (Å²) in [6.45, 7) is 12.2. The minimum atomic E-state index is -0.773. The highest BCUT2D eigenvalue weighted by atomic mass is 16.9. The molecule has 6 saturated heterocycles. The second kappa shape index (κ2) is 9.16. The largest absolute Gasteiger partial charge is 0.457 e. The molecule has 10 atom stereocenters. The van der Waals surface area contributed by atoms with E-state index in [1.165, 1.54) is 0 Å². The first-order valence-corrected chi connectivity index (χ1v) is 12.9. The molecule has 0 amide bonds. The summed E-state index contributed by atoms with van der Waals surface area (Å²) in [5.74, 6) is -1.54. The summed E-state index contributed by atoms with van der Waals surface area (Å²) in [5, 5.41) is 0. The fourth-order valence-corrected chi connectivity index (χ4v) is 5.84. The predicted molar refractivity (Wildman–Crippen MR) is 120 cm³/mol. The molecule has 6 aliphatic rings. The number of hydrogen-bond donors (Lipinski definition) is 0. The lowest BCUT2D eigenvalue weighted by atomic mass is 9.86. The third kappa shape index (κ3) is 4.61. The first kappa shape index (κ1) is 25.0. The molecule has 13 heteroatoms. The van der Waals surface area contributed by atoms with E-state index in [1.807, 2.05) is 41.5 Å². The summed E-state index contributed by atoms with van der Waals surface area (Å²) in [6.07, 6.45) is -2.50. The molecule has 0 aliphatic carbocycles. The van der Waals surface area contributed by atoms with Crippen LogP contribution in [0.5, 0.6) is 0 Å².